The van der Waals surface area contributed by atoms with Crippen LogP contribution in [0.4, 0.5) is 0 Å². The van der Waals surface area contributed by atoms with Crippen LogP contribution in [0.3, 0.4) is 0 Å². The van der Waals surface area contributed by atoms with E-state index >= 15 is 4.79 Å². The summed E-state index contributed by atoms with van der Waals surface area (Å²) < 4.78 is 42.9. The summed E-state index contributed by atoms with van der Waals surface area (Å²) in [7, 11) is 0. The number of rotatable bonds is 8. The number of aliphatic hydroxyl groups is 8. The minimum Gasteiger partial charge on any atom is -0.394 e. The lowest BCUT2D eigenvalue weighted by molar-refractivity contribution is -0.382. The van der Waals surface area contributed by atoms with Crippen molar-refractivity contribution in [3.05, 3.63) is 0 Å². The second-order valence-electron chi connectivity index (χ2n) is 23.3. The molecular weight excluding hydrogens is 837 g/mol. The molecule has 0 amide bonds. The Morgan fingerprint density at radius 1 is 0.719 bits per heavy atom. The number of carbonyl (C=O) groups excluding carboxylic acids is 2. The van der Waals surface area contributed by atoms with Gasteiger partial charge in [-0.25, -0.2) is 0 Å². The van der Waals surface area contributed by atoms with Gasteiger partial charge >= 0.3 is 0 Å². The highest BCUT2D eigenvalue weighted by molar-refractivity contribution is 5.85. The predicted molar refractivity (Wildman–Crippen MR) is 222 cm³/mol. The molecule has 64 heavy (non-hydrogen) atoms. The van der Waals surface area contributed by atoms with E-state index < -0.39 is 104 Å². The molecule has 17 heteroatoms. The third-order valence-corrected chi connectivity index (χ3v) is 19.8. The van der Waals surface area contributed by atoms with Gasteiger partial charge in [-0.2, -0.15) is 0 Å². The van der Waals surface area contributed by atoms with Crippen LogP contribution in [0.15, 0.2) is 0 Å². The highest BCUT2D eigenvalue weighted by Crippen LogP contribution is 2.80. The molecule has 5 saturated carbocycles. The van der Waals surface area contributed by atoms with Crippen molar-refractivity contribution in [1.82, 2.24) is 0 Å². The van der Waals surface area contributed by atoms with Crippen LogP contribution in [0.25, 0.3) is 0 Å². The van der Waals surface area contributed by atoms with E-state index in [9.17, 15) is 45.6 Å². The molecule has 24 atom stereocenters. The molecule has 17 nitrogen and oxygen atoms in total. The number of fused-ring (bicyclic) bond motifs is 4. The first kappa shape index (κ1) is 47.8. The molecule has 1 spiro atoms. The Labute approximate surface area is 375 Å². The number of aliphatic hydroxyl groups excluding tert-OH is 8. The van der Waals surface area contributed by atoms with Crippen LogP contribution in [-0.2, 0) is 42.7 Å². The van der Waals surface area contributed by atoms with Crippen molar-refractivity contribution in [2.45, 2.75) is 210 Å². The lowest BCUT2D eigenvalue weighted by Gasteiger charge is -2.74. The standard InChI is InChI=1S/C47H74O17/c1-22-29(51)32(54)35(57)39(60-22)64-36-33(55)30(52)24(18-48)61-40(36)62-25-19-58-38(34(56)31(25)53)63-28-9-10-43(5)26-8-11-47-27-17-42(4,20-49)12-14-46(27,21-59-47)15-13-45(47,7)44(26,6)16-23(50)37(43)41(28,2)3/h20,22,24-40,48,51-57H,8-19,21H2,1-7H3/t22-,24+,25+,26+,27+,28-,29-,30+,31+,32+,33-,34-,35+,36+,37-,38+,39-,40-,42-,43+,44+,45-,46+,47-/m0/s1. The van der Waals surface area contributed by atoms with Crippen LogP contribution < -0.4 is 0 Å². The summed E-state index contributed by atoms with van der Waals surface area (Å²) in [5.74, 6) is 0.375. The average molecular weight is 911 g/mol. The van der Waals surface area contributed by atoms with Gasteiger partial charge in [-0.15, -0.1) is 0 Å². The zero-order valence-corrected chi connectivity index (χ0v) is 38.4. The largest absolute Gasteiger partial charge is 0.394 e. The highest BCUT2D eigenvalue weighted by atomic mass is 16.8. The van der Waals surface area contributed by atoms with Crippen molar-refractivity contribution in [3.8, 4) is 0 Å². The van der Waals surface area contributed by atoms with Gasteiger partial charge in [0.25, 0.3) is 0 Å². The molecule has 364 valence electrons. The van der Waals surface area contributed by atoms with Crippen molar-refractivity contribution >= 4 is 12.1 Å². The maximum Gasteiger partial charge on any atom is 0.187 e. The number of carbonyl (C=O) groups is 2. The molecule has 0 aromatic heterocycles. The van der Waals surface area contributed by atoms with Gasteiger partial charge in [0.1, 0.15) is 73.1 Å². The van der Waals surface area contributed by atoms with Gasteiger partial charge in [-0.3, -0.25) is 4.79 Å². The Morgan fingerprint density at radius 3 is 2.12 bits per heavy atom. The van der Waals surface area contributed by atoms with Crippen LogP contribution >= 0.6 is 0 Å². The van der Waals surface area contributed by atoms with Crippen molar-refractivity contribution < 1.29 is 83.6 Å². The lowest BCUT2D eigenvalue weighted by atomic mass is 9.30. The number of ketones is 1. The molecule has 4 aliphatic heterocycles. The summed E-state index contributed by atoms with van der Waals surface area (Å²) in [6.07, 6.45) is -12.4. The lowest BCUT2D eigenvalue weighted by Crippen LogP contribution is -2.73. The minimum absolute atomic E-state index is 0.0966. The summed E-state index contributed by atoms with van der Waals surface area (Å²) in [6.45, 7) is 14.4. The first-order chi connectivity index (χ1) is 30.0. The Hall–Kier alpha value is -1.26. The summed E-state index contributed by atoms with van der Waals surface area (Å²) in [4.78, 5) is 27.5. The van der Waals surface area contributed by atoms with Crippen LogP contribution in [0.2, 0.25) is 0 Å². The van der Waals surface area contributed by atoms with Crippen molar-refractivity contribution in [3.63, 3.8) is 0 Å². The van der Waals surface area contributed by atoms with E-state index in [0.717, 1.165) is 51.6 Å². The number of ether oxygens (including phenoxy) is 7. The molecule has 8 N–H and O–H groups in total. The van der Waals surface area contributed by atoms with Crippen LogP contribution in [0.1, 0.15) is 113 Å². The quantitative estimate of drug-likeness (QED) is 0.124. The first-order valence-corrected chi connectivity index (χ1v) is 23.9. The zero-order chi connectivity index (χ0) is 46.3. The van der Waals surface area contributed by atoms with Gasteiger partial charge in [0, 0.05) is 28.6 Å². The fourth-order valence-electron chi connectivity index (χ4n) is 16.0. The van der Waals surface area contributed by atoms with E-state index in [4.69, 9.17) is 33.2 Å². The van der Waals surface area contributed by atoms with Crippen LogP contribution in [-0.4, -0.2) is 170 Å². The molecule has 0 aromatic rings. The topological polar surface area (TPSA) is 261 Å². The Morgan fingerprint density at radius 2 is 1.42 bits per heavy atom. The Balaban J connectivity index is 0.890. The molecule has 2 bridgehead atoms. The second kappa shape index (κ2) is 16.2. The molecule has 9 rings (SSSR count). The van der Waals surface area contributed by atoms with Crippen molar-refractivity contribution in [1.29, 1.82) is 0 Å². The van der Waals surface area contributed by atoms with Gasteiger partial charge in [0.05, 0.1) is 37.6 Å². The van der Waals surface area contributed by atoms with E-state index in [1.807, 2.05) is 0 Å². The molecule has 4 heterocycles. The van der Waals surface area contributed by atoms with Gasteiger partial charge in [0.15, 0.2) is 18.9 Å². The molecule has 5 aliphatic carbocycles. The number of hydrogen-bond donors (Lipinski definition) is 8. The van der Waals surface area contributed by atoms with Gasteiger partial charge in [-0.1, -0.05) is 41.5 Å². The number of Topliss-reactive ketones (excluding diaryl/α,β-unsaturated/α-hetero) is 1. The summed E-state index contributed by atoms with van der Waals surface area (Å²) >= 11 is 0. The van der Waals surface area contributed by atoms with Crippen LogP contribution in [0, 0.1) is 50.2 Å². The summed E-state index contributed by atoms with van der Waals surface area (Å²) in [5.41, 5.74) is -2.27. The monoisotopic (exact) mass is 910 g/mol. The molecule has 0 unspecified atom stereocenters. The molecule has 9 aliphatic rings. The Kier molecular flexibility index (Phi) is 12.1. The van der Waals surface area contributed by atoms with E-state index in [1.165, 1.54) is 13.2 Å². The molecule has 0 aromatic carbocycles. The third kappa shape index (κ3) is 6.71. The highest BCUT2D eigenvalue weighted by Gasteiger charge is 2.79. The fraction of sp³-hybridized carbons (Fsp3) is 0.957. The van der Waals surface area contributed by atoms with Gasteiger partial charge < -0.3 is 78.8 Å². The smallest absolute Gasteiger partial charge is 0.187 e. The Bertz CT molecular complexity index is 1780. The average Bonchev–Trinajstić information content (AvgIpc) is 3.49. The zero-order valence-electron chi connectivity index (χ0n) is 38.4. The van der Waals surface area contributed by atoms with Gasteiger partial charge in [0.2, 0.25) is 0 Å². The van der Waals surface area contributed by atoms with Gasteiger partial charge in [-0.05, 0) is 92.8 Å². The predicted octanol–water partition coefficient (Wildman–Crippen LogP) is 0.879. The van der Waals surface area contributed by atoms with E-state index in [1.54, 1.807) is 0 Å². The number of aldehydes is 1. The molecule has 9 fully saturated rings. The van der Waals surface area contributed by atoms with Crippen molar-refractivity contribution in [2.24, 2.45) is 50.2 Å². The van der Waals surface area contributed by atoms with E-state index in [0.29, 0.717) is 19.3 Å². The summed E-state index contributed by atoms with van der Waals surface area (Å²) in [6, 6.07) is 0. The minimum atomic E-state index is -1.78. The van der Waals surface area contributed by atoms with Crippen molar-refractivity contribution in [2.75, 3.05) is 19.8 Å². The molecule has 4 saturated heterocycles. The third-order valence-electron chi connectivity index (χ3n) is 19.8. The van der Waals surface area contributed by atoms with E-state index in [2.05, 4.69) is 41.5 Å². The molecular formula is C47H74O17. The normalized spacial score (nSPS) is 58.1. The maximum atomic E-state index is 15.1. The second-order valence-corrected chi connectivity index (χ2v) is 23.3. The molecule has 0 radical (unpaired) electrons. The van der Waals surface area contributed by atoms with Crippen LogP contribution in [0.5, 0.6) is 0 Å². The summed E-state index contributed by atoms with van der Waals surface area (Å²) in [5, 5.41) is 85.8. The number of hydrogen-bond acceptors (Lipinski definition) is 17. The first-order valence-electron chi connectivity index (χ1n) is 23.9. The van der Waals surface area contributed by atoms with E-state index in [-0.39, 0.29) is 62.8 Å². The SMILES string of the molecule is C[C@@H]1O[C@@H](O[C@H]2[C@H](O[C@@H]3CO[C@H](O[C@H]4CC[C@]5(C)[C@H]6CC[C@]78OC[C@@]9(CC[C@](C)(C=O)C[C@H]97)CC[C@@]8(C)[C@]6(C)CC(=O)[C@H]5C4(C)C)[C@@H](O)[C@@H]3O)O[C@H](CO)[C@@H](O)[C@@H]2O)[C@H](O)[C@H](O)[C@H]1O. The fourth-order valence-corrected chi connectivity index (χ4v) is 16.0. The maximum absolute atomic E-state index is 15.1.